The van der Waals surface area contributed by atoms with Gasteiger partial charge in [-0.05, 0) is 24.8 Å². The summed E-state index contributed by atoms with van der Waals surface area (Å²) in [6, 6.07) is 14.6. The second-order valence-electron chi connectivity index (χ2n) is 6.95. The molecule has 0 bridgehead atoms. The van der Waals surface area contributed by atoms with E-state index in [9.17, 15) is 5.11 Å². The van der Waals surface area contributed by atoms with Crippen molar-refractivity contribution in [1.82, 2.24) is 5.32 Å². The quantitative estimate of drug-likeness (QED) is 0.538. The van der Waals surface area contributed by atoms with Crippen LogP contribution in [0.15, 0.2) is 42.5 Å². The van der Waals surface area contributed by atoms with E-state index in [0.29, 0.717) is 19.2 Å². The van der Waals surface area contributed by atoms with Gasteiger partial charge in [-0.15, -0.1) is 0 Å². The minimum Gasteiger partial charge on any atom is -0.490 e. The minimum atomic E-state index is -0.499. The maximum Gasteiger partial charge on any atom is 0.127 e. The van der Waals surface area contributed by atoms with Gasteiger partial charge in [-0.1, -0.05) is 75.4 Å². The maximum atomic E-state index is 10.2. The Bertz CT molecular complexity index is 609. The lowest BCUT2D eigenvalue weighted by atomic mass is 10.1. The highest BCUT2D eigenvalue weighted by Gasteiger charge is 2.09. The fraction of sp³-hybridized carbons (Fsp3) is 0.545. The van der Waals surface area contributed by atoms with Crippen molar-refractivity contribution in [1.29, 1.82) is 0 Å². The Hall–Kier alpha value is -1.58. The molecule has 0 amide bonds. The van der Waals surface area contributed by atoms with Crippen molar-refractivity contribution >= 4 is 10.8 Å². The third-order valence-corrected chi connectivity index (χ3v) is 4.62. The molecule has 0 saturated heterocycles. The van der Waals surface area contributed by atoms with Crippen LogP contribution in [0, 0.1) is 0 Å². The Morgan fingerprint density at radius 3 is 2.60 bits per heavy atom. The lowest BCUT2D eigenvalue weighted by molar-refractivity contribution is 0.104. The Labute approximate surface area is 152 Å². The molecule has 3 nitrogen and oxygen atoms in total. The Morgan fingerprint density at radius 1 is 1.00 bits per heavy atom. The Balaban J connectivity index is 1.67. The zero-order valence-corrected chi connectivity index (χ0v) is 15.7. The van der Waals surface area contributed by atoms with E-state index in [4.69, 9.17) is 4.74 Å². The van der Waals surface area contributed by atoms with Gasteiger partial charge in [0.2, 0.25) is 0 Å². The van der Waals surface area contributed by atoms with Crippen LogP contribution in [0.3, 0.4) is 0 Å². The number of hydrogen-bond acceptors (Lipinski definition) is 3. The summed E-state index contributed by atoms with van der Waals surface area (Å²) < 4.78 is 5.85. The predicted molar refractivity (Wildman–Crippen MR) is 106 cm³/mol. The van der Waals surface area contributed by atoms with Crippen molar-refractivity contribution < 1.29 is 9.84 Å². The zero-order valence-electron chi connectivity index (χ0n) is 15.7. The molecular formula is C22H33NO2. The van der Waals surface area contributed by atoms with Gasteiger partial charge in [0, 0.05) is 18.0 Å². The molecule has 0 saturated carbocycles. The van der Waals surface area contributed by atoms with Crippen LogP contribution in [0.2, 0.25) is 0 Å². The fourth-order valence-corrected chi connectivity index (χ4v) is 3.06. The molecule has 2 unspecified atom stereocenters. The number of ether oxygens (including phenoxy) is 1. The molecule has 2 N–H and O–H groups in total. The van der Waals surface area contributed by atoms with Crippen molar-refractivity contribution in [2.75, 3.05) is 13.2 Å². The lowest BCUT2D eigenvalue weighted by Gasteiger charge is -2.18. The average molecular weight is 344 g/mol. The number of unbranched alkanes of at least 4 members (excludes halogenated alkanes) is 4. The van der Waals surface area contributed by atoms with Crippen molar-refractivity contribution in [3.05, 3.63) is 42.5 Å². The van der Waals surface area contributed by atoms with E-state index in [1.54, 1.807) is 0 Å². The van der Waals surface area contributed by atoms with Gasteiger partial charge in [0.15, 0.2) is 0 Å². The van der Waals surface area contributed by atoms with E-state index in [1.165, 1.54) is 38.5 Å². The van der Waals surface area contributed by atoms with E-state index < -0.39 is 6.10 Å². The van der Waals surface area contributed by atoms with Crippen LogP contribution in [0.25, 0.3) is 10.8 Å². The predicted octanol–water partition coefficient (Wildman–Crippen LogP) is 4.92. The molecular weight excluding hydrogens is 310 g/mol. The molecule has 2 aromatic carbocycles. The van der Waals surface area contributed by atoms with E-state index in [1.807, 2.05) is 24.3 Å². The maximum absolute atomic E-state index is 10.2. The summed E-state index contributed by atoms with van der Waals surface area (Å²) >= 11 is 0. The number of nitrogens with one attached hydrogen (secondary N) is 1. The highest BCUT2D eigenvalue weighted by atomic mass is 16.5. The molecule has 0 aliphatic carbocycles. The van der Waals surface area contributed by atoms with E-state index in [-0.39, 0.29) is 0 Å². The molecule has 138 valence electrons. The average Bonchev–Trinajstić information content (AvgIpc) is 2.64. The molecule has 0 radical (unpaired) electrons. The number of rotatable bonds is 12. The number of aliphatic hydroxyl groups excluding tert-OH is 1. The van der Waals surface area contributed by atoms with Crippen LogP contribution in [-0.2, 0) is 0 Å². The first-order valence-electron chi connectivity index (χ1n) is 9.72. The summed E-state index contributed by atoms with van der Waals surface area (Å²) in [5, 5.41) is 15.8. The molecule has 0 aliphatic rings. The molecule has 25 heavy (non-hydrogen) atoms. The number of benzene rings is 2. The third kappa shape index (κ3) is 7.05. The summed E-state index contributed by atoms with van der Waals surface area (Å²) in [5.41, 5.74) is 0. The first-order valence-corrected chi connectivity index (χ1v) is 9.72. The molecule has 2 atom stereocenters. The first-order chi connectivity index (χ1) is 12.2. The highest BCUT2D eigenvalue weighted by molar-refractivity contribution is 5.88. The topological polar surface area (TPSA) is 41.5 Å². The Morgan fingerprint density at radius 2 is 1.76 bits per heavy atom. The van der Waals surface area contributed by atoms with Crippen LogP contribution in [0.5, 0.6) is 5.75 Å². The number of aliphatic hydroxyl groups is 1. The molecule has 2 aromatic rings. The van der Waals surface area contributed by atoms with Gasteiger partial charge in [0.05, 0.1) is 0 Å². The number of hydrogen-bond donors (Lipinski definition) is 2. The number of fused-ring (bicyclic) bond motifs is 1. The molecule has 0 spiro atoms. The van der Waals surface area contributed by atoms with Gasteiger partial charge in [0.25, 0.3) is 0 Å². The summed E-state index contributed by atoms with van der Waals surface area (Å²) in [7, 11) is 0. The largest absolute Gasteiger partial charge is 0.490 e. The molecule has 2 rings (SSSR count). The van der Waals surface area contributed by atoms with Gasteiger partial charge in [-0.2, -0.15) is 0 Å². The highest BCUT2D eigenvalue weighted by Crippen LogP contribution is 2.25. The van der Waals surface area contributed by atoms with Crippen LogP contribution in [0.4, 0.5) is 0 Å². The van der Waals surface area contributed by atoms with Gasteiger partial charge in [0.1, 0.15) is 18.5 Å². The molecule has 0 aliphatic heterocycles. The molecule has 3 heteroatoms. The van der Waals surface area contributed by atoms with Crippen molar-refractivity contribution in [3.8, 4) is 5.75 Å². The summed E-state index contributed by atoms with van der Waals surface area (Å²) in [4.78, 5) is 0. The van der Waals surface area contributed by atoms with E-state index >= 15 is 0 Å². The Kier molecular flexibility index (Phi) is 8.78. The standard InChI is InChI=1S/C22H33NO2/c1-3-4-5-6-7-11-18(2)23-16-20(24)17-25-22-15-10-13-19-12-8-9-14-21(19)22/h8-10,12-15,18,20,23-24H,3-7,11,16-17H2,1-2H3. The smallest absolute Gasteiger partial charge is 0.127 e. The fourth-order valence-electron chi connectivity index (χ4n) is 3.06. The molecule has 0 fully saturated rings. The summed E-state index contributed by atoms with van der Waals surface area (Å²) in [6.07, 6.45) is 7.21. The van der Waals surface area contributed by atoms with Crippen molar-refractivity contribution in [3.63, 3.8) is 0 Å². The van der Waals surface area contributed by atoms with Crippen LogP contribution >= 0.6 is 0 Å². The second kappa shape index (κ2) is 11.1. The summed E-state index contributed by atoms with van der Waals surface area (Å²) in [6.45, 7) is 5.31. The third-order valence-electron chi connectivity index (χ3n) is 4.62. The SMILES string of the molecule is CCCCCCCC(C)NCC(O)COc1cccc2ccccc12. The van der Waals surface area contributed by atoms with Crippen molar-refractivity contribution in [2.24, 2.45) is 0 Å². The lowest BCUT2D eigenvalue weighted by Crippen LogP contribution is -2.36. The monoisotopic (exact) mass is 343 g/mol. The van der Waals surface area contributed by atoms with Crippen LogP contribution < -0.4 is 10.1 Å². The van der Waals surface area contributed by atoms with Gasteiger partial charge >= 0.3 is 0 Å². The van der Waals surface area contributed by atoms with Crippen LogP contribution in [-0.4, -0.2) is 30.4 Å². The second-order valence-corrected chi connectivity index (χ2v) is 6.95. The van der Waals surface area contributed by atoms with Crippen LogP contribution in [0.1, 0.15) is 52.4 Å². The van der Waals surface area contributed by atoms with Gasteiger partial charge < -0.3 is 15.2 Å². The van der Waals surface area contributed by atoms with Crippen molar-refractivity contribution in [2.45, 2.75) is 64.5 Å². The molecule has 0 heterocycles. The summed E-state index contributed by atoms with van der Waals surface area (Å²) in [5.74, 6) is 0.834. The van der Waals surface area contributed by atoms with E-state index in [2.05, 4.69) is 37.4 Å². The van der Waals surface area contributed by atoms with Gasteiger partial charge in [-0.3, -0.25) is 0 Å². The van der Waals surface area contributed by atoms with Gasteiger partial charge in [-0.25, -0.2) is 0 Å². The normalized spacial score (nSPS) is 13.7. The minimum absolute atomic E-state index is 0.310. The zero-order chi connectivity index (χ0) is 17.9. The van der Waals surface area contributed by atoms with E-state index in [0.717, 1.165) is 16.5 Å². The first kappa shape index (κ1) is 19.7. The molecule has 0 aromatic heterocycles.